The average Bonchev–Trinajstić information content (AvgIpc) is 3.02. The monoisotopic (exact) mass is 416 g/mol. The summed E-state index contributed by atoms with van der Waals surface area (Å²) in [4.78, 5) is 30.7. The third-order valence-electron chi connectivity index (χ3n) is 5.27. The molecule has 1 amide bonds. The van der Waals surface area contributed by atoms with E-state index in [-0.39, 0.29) is 29.9 Å². The Morgan fingerprint density at radius 2 is 1.74 bits per heavy atom. The molecule has 1 aliphatic rings. The van der Waals surface area contributed by atoms with Crippen LogP contribution >= 0.6 is 0 Å². The van der Waals surface area contributed by atoms with E-state index in [0.29, 0.717) is 11.3 Å². The van der Waals surface area contributed by atoms with E-state index in [1.54, 1.807) is 29.2 Å². The van der Waals surface area contributed by atoms with Crippen LogP contribution in [0.1, 0.15) is 41.2 Å². The van der Waals surface area contributed by atoms with Crippen molar-refractivity contribution in [1.29, 1.82) is 0 Å². The first kappa shape index (κ1) is 20.5. The van der Waals surface area contributed by atoms with Gasteiger partial charge in [-0.3, -0.25) is 4.79 Å². The Labute approximate surface area is 179 Å². The molecule has 0 atom stereocenters. The van der Waals surface area contributed by atoms with Crippen molar-refractivity contribution < 1.29 is 19.1 Å². The number of allylic oxidation sites excluding steroid dienone is 1. The smallest absolute Gasteiger partial charge is 0.354 e. The van der Waals surface area contributed by atoms with Crippen molar-refractivity contribution >= 4 is 28.7 Å². The zero-order valence-electron chi connectivity index (χ0n) is 17.2. The largest absolute Gasteiger partial charge is 0.477 e. The van der Waals surface area contributed by atoms with E-state index in [4.69, 9.17) is 0 Å². The van der Waals surface area contributed by atoms with Gasteiger partial charge < -0.3 is 10.0 Å². The Balaban J connectivity index is 1.84. The van der Waals surface area contributed by atoms with Gasteiger partial charge in [0, 0.05) is 5.56 Å². The second-order valence-corrected chi connectivity index (χ2v) is 7.68. The Morgan fingerprint density at radius 3 is 2.42 bits per heavy atom. The molecule has 1 aliphatic heterocycles. The van der Waals surface area contributed by atoms with Gasteiger partial charge >= 0.3 is 5.97 Å². The number of carboxylic acids is 1. The number of carbonyl (C=O) groups excluding carboxylic acids is 1. The molecule has 0 aliphatic carbocycles. The number of aromatic nitrogens is 1. The summed E-state index contributed by atoms with van der Waals surface area (Å²) < 4.78 is 13.5. The lowest BCUT2D eigenvalue weighted by atomic mass is 9.88. The summed E-state index contributed by atoms with van der Waals surface area (Å²) in [5.74, 6) is -1.61. The normalized spacial score (nSPS) is 14.7. The van der Waals surface area contributed by atoms with Crippen LogP contribution in [0.3, 0.4) is 0 Å². The van der Waals surface area contributed by atoms with Crippen LogP contribution in [-0.2, 0) is 11.3 Å². The Morgan fingerprint density at radius 1 is 1.03 bits per heavy atom. The molecular weight excluding hydrogens is 395 g/mol. The lowest BCUT2D eigenvalue weighted by molar-refractivity contribution is -0.113. The summed E-state index contributed by atoms with van der Waals surface area (Å²) >= 11 is 0. The predicted molar refractivity (Wildman–Crippen MR) is 117 cm³/mol. The highest BCUT2D eigenvalue weighted by molar-refractivity contribution is 6.37. The van der Waals surface area contributed by atoms with Gasteiger partial charge in [-0.1, -0.05) is 50.2 Å². The third-order valence-corrected chi connectivity index (χ3v) is 5.27. The summed E-state index contributed by atoms with van der Waals surface area (Å²) in [5, 5.41) is 9.22. The number of pyridine rings is 1. The molecule has 31 heavy (non-hydrogen) atoms. The molecular formula is C25H21FN2O3. The highest BCUT2D eigenvalue weighted by Gasteiger charge is 2.35. The molecule has 5 nitrogen and oxygen atoms in total. The molecule has 0 unspecified atom stereocenters. The van der Waals surface area contributed by atoms with Gasteiger partial charge in [-0.05, 0) is 47.4 Å². The maximum Gasteiger partial charge on any atom is 0.354 e. The minimum atomic E-state index is -1.12. The summed E-state index contributed by atoms with van der Waals surface area (Å²) in [7, 11) is 0. The number of amides is 1. The highest BCUT2D eigenvalue weighted by atomic mass is 19.1. The summed E-state index contributed by atoms with van der Waals surface area (Å²) in [5.41, 5.74) is 4.17. The van der Waals surface area contributed by atoms with Crippen molar-refractivity contribution in [2.75, 3.05) is 4.90 Å². The van der Waals surface area contributed by atoms with Gasteiger partial charge in [-0.25, -0.2) is 14.2 Å². The standard InChI is InChI=1S/C25H21FN2O3/c1-15(2)22(16-10-12-17(26)13-11-16)23-19-7-3-4-9-21(19)28(24(23)29)14-18-6-5-8-20(27-18)25(30)31/h3-13,15H,14H2,1-2H3,(H,30,31). The number of anilines is 1. The number of fused-ring (bicyclic) bond motifs is 1. The maximum atomic E-state index is 13.6. The van der Waals surface area contributed by atoms with E-state index in [0.717, 1.165) is 22.4 Å². The molecule has 156 valence electrons. The van der Waals surface area contributed by atoms with Crippen molar-refractivity contribution in [2.24, 2.45) is 5.92 Å². The first-order valence-electron chi connectivity index (χ1n) is 9.97. The highest BCUT2D eigenvalue weighted by Crippen LogP contribution is 2.43. The van der Waals surface area contributed by atoms with Gasteiger partial charge in [0.2, 0.25) is 0 Å². The molecule has 4 rings (SSSR count). The van der Waals surface area contributed by atoms with Crippen LogP contribution in [-0.4, -0.2) is 22.0 Å². The predicted octanol–water partition coefficient (Wildman–Crippen LogP) is 5.03. The molecule has 2 aromatic carbocycles. The molecule has 0 saturated carbocycles. The molecule has 0 bridgehead atoms. The van der Waals surface area contributed by atoms with Gasteiger partial charge in [-0.2, -0.15) is 0 Å². The molecule has 0 spiro atoms. The van der Waals surface area contributed by atoms with Gasteiger partial charge in [0.1, 0.15) is 11.5 Å². The maximum absolute atomic E-state index is 13.6. The van der Waals surface area contributed by atoms with Crippen LogP contribution in [0.4, 0.5) is 10.1 Å². The van der Waals surface area contributed by atoms with E-state index in [1.807, 2.05) is 38.1 Å². The number of para-hydroxylation sites is 1. The van der Waals surface area contributed by atoms with Crippen molar-refractivity contribution in [2.45, 2.75) is 20.4 Å². The molecule has 0 saturated heterocycles. The molecule has 1 aromatic heterocycles. The van der Waals surface area contributed by atoms with Gasteiger partial charge in [0.15, 0.2) is 0 Å². The second-order valence-electron chi connectivity index (χ2n) is 7.68. The number of benzene rings is 2. The Kier molecular flexibility index (Phi) is 5.38. The molecule has 1 N–H and O–H groups in total. The van der Waals surface area contributed by atoms with E-state index < -0.39 is 5.97 Å². The van der Waals surface area contributed by atoms with E-state index >= 15 is 0 Å². The lowest BCUT2D eigenvalue weighted by Gasteiger charge is -2.18. The van der Waals surface area contributed by atoms with Crippen LogP contribution in [0.5, 0.6) is 0 Å². The first-order valence-corrected chi connectivity index (χ1v) is 9.97. The average molecular weight is 416 g/mol. The number of nitrogens with zero attached hydrogens (tertiary/aromatic N) is 2. The van der Waals surface area contributed by atoms with Crippen LogP contribution < -0.4 is 4.90 Å². The number of carbonyl (C=O) groups is 2. The van der Waals surface area contributed by atoms with E-state index in [1.165, 1.54) is 18.2 Å². The topological polar surface area (TPSA) is 70.5 Å². The fourth-order valence-electron chi connectivity index (χ4n) is 3.94. The molecule has 6 heteroatoms. The van der Waals surface area contributed by atoms with Gasteiger partial charge in [0.25, 0.3) is 5.91 Å². The van der Waals surface area contributed by atoms with Crippen molar-refractivity contribution in [3.05, 3.63) is 95.1 Å². The van der Waals surface area contributed by atoms with Gasteiger partial charge in [0.05, 0.1) is 23.5 Å². The summed E-state index contributed by atoms with van der Waals surface area (Å²) in [6, 6.07) is 18.4. The zero-order chi connectivity index (χ0) is 22.1. The van der Waals surface area contributed by atoms with Crippen LogP contribution in [0, 0.1) is 11.7 Å². The Bertz CT molecular complexity index is 1200. The minimum Gasteiger partial charge on any atom is -0.477 e. The van der Waals surface area contributed by atoms with Crippen molar-refractivity contribution in [3.8, 4) is 0 Å². The number of carboxylic acid groups (broad SMARTS) is 1. The third kappa shape index (κ3) is 3.84. The number of hydrogen-bond acceptors (Lipinski definition) is 3. The van der Waals surface area contributed by atoms with E-state index in [2.05, 4.69) is 4.98 Å². The Hall–Kier alpha value is -3.80. The summed E-state index contributed by atoms with van der Waals surface area (Å²) in [6.07, 6.45) is 0. The number of hydrogen-bond donors (Lipinski definition) is 1. The molecule has 0 fully saturated rings. The molecule has 0 radical (unpaired) electrons. The lowest BCUT2D eigenvalue weighted by Crippen LogP contribution is -2.27. The second kappa shape index (κ2) is 8.14. The fraction of sp³-hybridized carbons (Fsp3) is 0.160. The molecule has 2 heterocycles. The fourth-order valence-corrected chi connectivity index (χ4v) is 3.94. The van der Waals surface area contributed by atoms with Crippen LogP contribution in [0.25, 0.3) is 11.1 Å². The number of rotatable bonds is 5. The van der Waals surface area contributed by atoms with Crippen LogP contribution in [0.15, 0.2) is 66.7 Å². The van der Waals surface area contributed by atoms with E-state index in [9.17, 15) is 19.1 Å². The van der Waals surface area contributed by atoms with Crippen LogP contribution in [0.2, 0.25) is 0 Å². The first-order chi connectivity index (χ1) is 14.9. The zero-order valence-corrected chi connectivity index (χ0v) is 17.2. The minimum absolute atomic E-state index is 0.0193. The quantitative estimate of drug-likeness (QED) is 0.592. The van der Waals surface area contributed by atoms with Gasteiger partial charge in [-0.15, -0.1) is 0 Å². The number of aromatic carboxylic acids is 1. The SMILES string of the molecule is CC(C)C(=C1C(=O)N(Cc2cccc(C(=O)O)n2)c2ccccc21)c1ccc(F)cc1. The van der Waals surface area contributed by atoms with Crippen molar-refractivity contribution in [3.63, 3.8) is 0 Å². The summed E-state index contributed by atoms with van der Waals surface area (Å²) in [6.45, 7) is 4.15. The number of halogens is 1. The molecule has 3 aromatic rings. The van der Waals surface area contributed by atoms with Crippen molar-refractivity contribution in [1.82, 2.24) is 4.98 Å².